The number of rotatable bonds is 12. The van der Waals surface area contributed by atoms with Crippen LogP contribution in [-0.4, -0.2) is 34.6 Å². The van der Waals surface area contributed by atoms with Crippen molar-refractivity contribution in [3.05, 3.63) is 100 Å². The molecule has 3 rings (SSSR count). The van der Waals surface area contributed by atoms with E-state index in [1.54, 1.807) is 34.9 Å². The second kappa shape index (κ2) is 14.3. The highest BCUT2D eigenvalue weighted by molar-refractivity contribution is 7.99. The number of hydrogen-bond acceptors (Lipinski definition) is 3. The fraction of sp³-hybridized carbons (Fsp3) is 0.310. The summed E-state index contributed by atoms with van der Waals surface area (Å²) < 4.78 is 0. The van der Waals surface area contributed by atoms with Crippen LogP contribution in [0.5, 0.6) is 0 Å². The highest BCUT2D eigenvalue weighted by Crippen LogP contribution is 2.28. The highest BCUT2D eigenvalue weighted by Gasteiger charge is 2.31. The lowest BCUT2D eigenvalue weighted by Gasteiger charge is -2.33. The molecule has 2 amide bonds. The first-order chi connectivity index (χ1) is 17.4. The lowest BCUT2D eigenvalue weighted by Crippen LogP contribution is -2.52. The number of carbonyl (C=O) groups is 2. The largest absolute Gasteiger partial charge is 0.352 e. The lowest BCUT2D eigenvalue weighted by atomic mass is 10.0. The number of nitrogens with one attached hydrogen (secondary N) is 1. The number of amides is 2. The van der Waals surface area contributed by atoms with Gasteiger partial charge in [0.05, 0.1) is 0 Å². The summed E-state index contributed by atoms with van der Waals surface area (Å²) in [7, 11) is 0. The minimum atomic E-state index is -0.706. The molecule has 3 aromatic carbocycles. The van der Waals surface area contributed by atoms with Crippen molar-refractivity contribution in [3.63, 3.8) is 0 Å². The molecule has 0 spiro atoms. The Kier molecular flexibility index (Phi) is 11.2. The summed E-state index contributed by atoms with van der Waals surface area (Å²) in [5.41, 5.74) is 1.61. The van der Waals surface area contributed by atoms with E-state index in [0.717, 1.165) is 16.9 Å². The van der Waals surface area contributed by atoms with E-state index in [-0.39, 0.29) is 30.8 Å². The van der Waals surface area contributed by atoms with Gasteiger partial charge in [-0.1, -0.05) is 84.7 Å². The molecule has 0 radical (unpaired) electrons. The fourth-order valence-electron chi connectivity index (χ4n) is 3.77. The first-order valence-electron chi connectivity index (χ1n) is 12.1. The Hall–Kier alpha value is -2.47. The molecule has 190 valence electrons. The van der Waals surface area contributed by atoms with Crippen LogP contribution in [0.1, 0.15) is 37.8 Å². The number of thioether (sulfide) groups is 1. The maximum absolute atomic E-state index is 13.7. The van der Waals surface area contributed by atoms with Crippen LogP contribution in [0.3, 0.4) is 0 Å². The van der Waals surface area contributed by atoms with Crippen molar-refractivity contribution in [2.75, 3.05) is 5.75 Å². The highest BCUT2D eigenvalue weighted by atomic mass is 35.5. The molecule has 2 atom stereocenters. The quantitative estimate of drug-likeness (QED) is 0.250. The summed E-state index contributed by atoms with van der Waals surface area (Å²) in [5, 5.41) is 4.02. The van der Waals surface area contributed by atoms with Crippen LogP contribution in [0.15, 0.2) is 83.8 Å². The molecule has 0 unspecified atom stereocenters. The zero-order valence-electron chi connectivity index (χ0n) is 20.6. The minimum absolute atomic E-state index is 0.00902. The third-order valence-corrected chi connectivity index (χ3v) is 7.71. The zero-order valence-corrected chi connectivity index (χ0v) is 23.0. The third-order valence-electron chi connectivity index (χ3n) is 5.99. The summed E-state index contributed by atoms with van der Waals surface area (Å²) in [6.07, 6.45) is 1.47. The Morgan fingerprint density at radius 1 is 0.917 bits per heavy atom. The van der Waals surface area contributed by atoms with Gasteiger partial charge in [-0.3, -0.25) is 9.59 Å². The standard InChI is InChI=1S/C29H32Cl2N2O2S/c1-3-21(2)32-29(35)27(19-22-11-6-4-7-12-22)33(20-24-25(30)15-10-16-26(24)31)28(34)17-18-36-23-13-8-5-9-14-23/h4-16,21,27H,3,17-20H2,1-2H3,(H,32,35)/t21-,27+/m0/s1. The lowest BCUT2D eigenvalue weighted by molar-refractivity contribution is -0.141. The summed E-state index contributed by atoms with van der Waals surface area (Å²) >= 11 is 14.6. The molecule has 0 aliphatic rings. The predicted molar refractivity (Wildman–Crippen MR) is 151 cm³/mol. The van der Waals surface area contributed by atoms with E-state index in [4.69, 9.17) is 23.2 Å². The van der Waals surface area contributed by atoms with Crippen LogP contribution in [-0.2, 0) is 22.6 Å². The first kappa shape index (κ1) is 28.1. The second-order valence-corrected chi connectivity index (χ2v) is 10.6. The van der Waals surface area contributed by atoms with Crippen molar-refractivity contribution in [2.45, 2.75) is 56.6 Å². The van der Waals surface area contributed by atoms with Gasteiger partial charge >= 0.3 is 0 Å². The van der Waals surface area contributed by atoms with E-state index in [2.05, 4.69) is 5.32 Å². The van der Waals surface area contributed by atoms with E-state index < -0.39 is 6.04 Å². The van der Waals surface area contributed by atoms with Crippen molar-refractivity contribution in [1.29, 1.82) is 0 Å². The topological polar surface area (TPSA) is 49.4 Å². The Morgan fingerprint density at radius 2 is 1.53 bits per heavy atom. The molecular formula is C29H32Cl2N2O2S. The Balaban J connectivity index is 1.91. The van der Waals surface area contributed by atoms with E-state index in [0.29, 0.717) is 27.8 Å². The van der Waals surface area contributed by atoms with Gasteiger partial charge in [0, 0.05) is 51.7 Å². The molecule has 3 aromatic rings. The number of benzene rings is 3. The number of hydrogen-bond donors (Lipinski definition) is 1. The molecular weight excluding hydrogens is 511 g/mol. The molecule has 0 saturated carbocycles. The van der Waals surface area contributed by atoms with Crippen molar-refractivity contribution in [3.8, 4) is 0 Å². The van der Waals surface area contributed by atoms with Crippen LogP contribution >= 0.6 is 35.0 Å². The van der Waals surface area contributed by atoms with Crippen molar-refractivity contribution in [1.82, 2.24) is 10.2 Å². The monoisotopic (exact) mass is 542 g/mol. The van der Waals surface area contributed by atoms with Gasteiger partial charge in [-0.05, 0) is 43.2 Å². The normalized spacial score (nSPS) is 12.6. The van der Waals surface area contributed by atoms with Gasteiger partial charge in [0.2, 0.25) is 11.8 Å². The summed E-state index contributed by atoms with van der Waals surface area (Å²) in [4.78, 5) is 30.0. The minimum Gasteiger partial charge on any atom is -0.352 e. The maximum Gasteiger partial charge on any atom is 0.243 e. The molecule has 0 aromatic heterocycles. The molecule has 0 saturated heterocycles. The molecule has 36 heavy (non-hydrogen) atoms. The van der Waals surface area contributed by atoms with Crippen molar-refractivity contribution >= 4 is 46.8 Å². The molecule has 1 N–H and O–H groups in total. The van der Waals surface area contributed by atoms with Gasteiger partial charge < -0.3 is 10.2 Å². The Labute approximate surface area is 228 Å². The van der Waals surface area contributed by atoms with E-state index in [1.807, 2.05) is 74.5 Å². The summed E-state index contributed by atoms with van der Waals surface area (Å²) in [6.45, 7) is 4.13. The predicted octanol–water partition coefficient (Wildman–Crippen LogP) is 7.03. The maximum atomic E-state index is 13.7. The van der Waals surface area contributed by atoms with Crippen LogP contribution in [0.2, 0.25) is 10.0 Å². The average Bonchev–Trinajstić information content (AvgIpc) is 2.88. The van der Waals surface area contributed by atoms with Gasteiger partial charge in [-0.2, -0.15) is 0 Å². The van der Waals surface area contributed by atoms with Gasteiger partial charge in [0.1, 0.15) is 6.04 Å². The molecule has 4 nitrogen and oxygen atoms in total. The molecule has 0 fully saturated rings. The SMILES string of the molecule is CC[C@H](C)NC(=O)[C@@H](Cc1ccccc1)N(Cc1c(Cl)cccc1Cl)C(=O)CCSc1ccccc1. The zero-order chi connectivity index (χ0) is 25.9. The molecule has 0 bridgehead atoms. The Morgan fingerprint density at radius 3 is 2.14 bits per heavy atom. The fourth-order valence-corrected chi connectivity index (χ4v) is 5.14. The first-order valence-corrected chi connectivity index (χ1v) is 13.9. The van der Waals surface area contributed by atoms with E-state index in [1.165, 1.54) is 0 Å². The van der Waals surface area contributed by atoms with Crippen LogP contribution in [0, 0.1) is 0 Å². The van der Waals surface area contributed by atoms with Gasteiger partial charge in [-0.15, -0.1) is 11.8 Å². The van der Waals surface area contributed by atoms with Crippen molar-refractivity contribution in [2.24, 2.45) is 0 Å². The number of nitrogens with zero attached hydrogens (tertiary/aromatic N) is 1. The number of halogens is 2. The van der Waals surface area contributed by atoms with E-state index in [9.17, 15) is 9.59 Å². The van der Waals surface area contributed by atoms with Crippen LogP contribution < -0.4 is 5.32 Å². The van der Waals surface area contributed by atoms with Crippen molar-refractivity contribution < 1.29 is 9.59 Å². The van der Waals surface area contributed by atoms with Gasteiger partial charge in [0.15, 0.2) is 0 Å². The summed E-state index contributed by atoms with van der Waals surface area (Å²) in [6, 6.07) is 24.3. The summed E-state index contributed by atoms with van der Waals surface area (Å²) in [5.74, 6) is 0.302. The van der Waals surface area contributed by atoms with Gasteiger partial charge in [-0.25, -0.2) is 0 Å². The molecule has 0 heterocycles. The van der Waals surface area contributed by atoms with Gasteiger partial charge in [0.25, 0.3) is 0 Å². The second-order valence-electron chi connectivity index (χ2n) is 8.66. The molecule has 0 aliphatic heterocycles. The smallest absolute Gasteiger partial charge is 0.243 e. The molecule has 0 aliphatic carbocycles. The van der Waals surface area contributed by atoms with Crippen LogP contribution in [0.25, 0.3) is 0 Å². The van der Waals surface area contributed by atoms with E-state index >= 15 is 0 Å². The van der Waals surface area contributed by atoms with Crippen LogP contribution in [0.4, 0.5) is 0 Å². The average molecular weight is 544 g/mol. The number of carbonyl (C=O) groups excluding carboxylic acids is 2. The Bertz CT molecular complexity index is 1110. The third kappa shape index (κ3) is 8.29. The molecule has 7 heteroatoms.